The van der Waals surface area contributed by atoms with Crippen molar-refractivity contribution >= 4 is 28.4 Å². The van der Waals surface area contributed by atoms with Crippen LogP contribution in [0.3, 0.4) is 0 Å². The molecule has 0 spiro atoms. The van der Waals surface area contributed by atoms with Crippen LogP contribution < -0.4 is 15.6 Å². The molecular weight excluding hydrogens is 356 g/mol. The molecule has 142 valence electrons. The number of nitrogen functional groups attached to an aromatic ring is 1. The van der Waals surface area contributed by atoms with Crippen LogP contribution in [0.2, 0.25) is 0 Å². The van der Waals surface area contributed by atoms with Gasteiger partial charge in [0.15, 0.2) is 17.6 Å². The van der Waals surface area contributed by atoms with Crippen LogP contribution in [0.25, 0.3) is 22.6 Å². The lowest BCUT2D eigenvalue weighted by Gasteiger charge is -2.12. The number of H-pyrrole nitrogens is 1. The fourth-order valence-corrected chi connectivity index (χ4v) is 3.54. The number of benzene rings is 2. The number of amides is 1. The molecule has 0 atom stereocenters. The van der Waals surface area contributed by atoms with Gasteiger partial charge in [-0.25, -0.2) is 14.2 Å². The van der Waals surface area contributed by atoms with E-state index in [1.807, 2.05) is 49.6 Å². The Morgan fingerprint density at radius 1 is 1.18 bits per heavy atom. The Kier molecular flexibility index (Phi) is 4.31. The highest BCUT2D eigenvalue weighted by Gasteiger charge is 2.27. The molecule has 2 aromatic carbocycles. The van der Waals surface area contributed by atoms with E-state index in [9.17, 15) is 4.79 Å². The SMILES string of the molecule is Cc1cc(C)c(NC(=O)C[n+]2c(-c3nonc3N)[nH]c3ccccc32)c(C)c1. The van der Waals surface area contributed by atoms with E-state index < -0.39 is 0 Å². The molecule has 0 aliphatic heterocycles. The topological polar surface area (TPSA) is 114 Å². The minimum atomic E-state index is -0.152. The zero-order valence-corrected chi connectivity index (χ0v) is 15.9. The number of hydrogen-bond acceptors (Lipinski definition) is 5. The van der Waals surface area contributed by atoms with Crippen molar-refractivity contribution in [2.75, 3.05) is 11.1 Å². The van der Waals surface area contributed by atoms with E-state index in [4.69, 9.17) is 10.4 Å². The van der Waals surface area contributed by atoms with Crippen molar-refractivity contribution in [3.63, 3.8) is 0 Å². The average Bonchev–Trinajstić information content (AvgIpc) is 3.22. The van der Waals surface area contributed by atoms with Crippen molar-refractivity contribution in [2.45, 2.75) is 27.3 Å². The Labute approximate surface area is 161 Å². The van der Waals surface area contributed by atoms with E-state index in [1.165, 1.54) is 0 Å². The number of carbonyl (C=O) groups is 1. The molecule has 2 aromatic heterocycles. The lowest BCUT2D eigenvalue weighted by molar-refractivity contribution is -0.646. The van der Waals surface area contributed by atoms with E-state index >= 15 is 0 Å². The van der Waals surface area contributed by atoms with Crippen molar-refractivity contribution in [3.8, 4) is 11.5 Å². The number of rotatable bonds is 4. The number of nitrogens with zero attached hydrogens (tertiary/aromatic N) is 3. The molecule has 2 heterocycles. The summed E-state index contributed by atoms with van der Waals surface area (Å²) >= 11 is 0. The highest BCUT2D eigenvalue weighted by Crippen LogP contribution is 2.23. The molecule has 0 saturated heterocycles. The predicted molar refractivity (Wildman–Crippen MR) is 105 cm³/mol. The molecule has 0 aliphatic carbocycles. The lowest BCUT2D eigenvalue weighted by atomic mass is 10.1. The first-order valence-corrected chi connectivity index (χ1v) is 8.90. The summed E-state index contributed by atoms with van der Waals surface area (Å²) in [5, 5.41) is 10.5. The summed E-state index contributed by atoms with van der Waals surface area (Å²) < 4.78 is 6.55. The van der Waals surface area contributed by atoms with E-state index in [-0.39, 0.29) is 18.3 Å². The summed E-state index contributed by atoms with van der Waals surface area (Å²) in [5.41, 5.74) is 12.0. The van der Waals surface area contributed by atoms with Gasteiger partial charge in [-0.15, -0.1) is 0 Å². The zero-order valence-electron chi connectivity index (χ0n) is 15.9. The maximum Gasteiger partial charge on any atom is 0.314 e. The number of fused-ring (bicyclic) bond motifs is 1. The number of aromatic nitrogens is 4. The fourth-order valence-electron chi connectivity index (χ4n) is 3.54. The predicted octanol–water partition coefficient (Wildman–Crippen LogP) is 2.65. The van der Waals surface area contributed by atoms with Crippen LogP contribution in [0.5, 0.6) is 0 Å². The maximum absolute atomic E-state index is 12.9. The lowest BCUT2D eigenvalue weighted by Crippen LogP contribution is -2.41. The second kappa shape index (κ2) is 6.80. The van der Waals surface area contributed by atoms with Gasteiger partial charge in [0.25, 0.3) is 5.91 Å². The first kappa shape index (κ1) is 17.7. The zero-order chi connectivity index (χ0) is 19.8. The highest BCUT2D eigenvalue weighted by atomic mass is 16.6. The minimum Gasteiger partial charge on any atom is -0.379 e. The van der Waals surface area contributed by atoms with Crippen molar-refractivity contribution in [1.29, 1.82) is 0 Å². The van der Waals surface area contributed by atoms with Gasteiger partial charge in [-0.05, 0) is 54.3 Å². The van der Waals surface area contributed by atoms with Crippen LogP contribution in [0.15, 0.2) is 41.0 Å². The Balaban J connectivity index is 1.72. The first-order valence-electron chi connectivity index (χ1n) is 8.90. The fraction of sp³-hybridized carbons (Fsp3) is 0.200. The van der Waals surface area contributed by atoms with Crippen LogP contribution in [-0.2, 0) is 11.3 Å². The molecule has 1 amide bonds. The van der Waals surface area contributed by atoms with Crippen LogP contribution in [0.4, 0.5) is 11.5 Å². The highest BCUT2D eigenvalue weighted by molar-refractivity contribution is 5.92. The molecule has 8 heteroatoms. The van der Waals surface area contributed by atoms with Gasteiger partial charge in [-0.3, -0.25) is 4.79 Å². The number of imidazole rings is 1. The van der Waals surface area contributed by atoms with Crippen molar-refractivity contribution in [1.82, 2.24) is 15.3 Å². The van der Waals surface area contributed by atoms with Gasteiger partial charge < -0.3 is 11.1 Å². The molecule has 0 aliphatic rings. The molecule has 0 saturated carbocycles. The minimum absolute atomic E-state index is 0.0817. The molecule has 4 N–H and O–H groups in total. The molecule has 0 fully saturated rings. The van der Waals surface area contributed by atoms with Crippen molar-refractivity contribution < 1.29 is 14.0 Å². The number of para-hydroxylation sites is 2. The van der Waals surface area contributed by atoms with Crippen LogP contribution in [0, 0.1) is 20.8 Å². The summed E-state index contributed by atoms with van der Waals surface area (Å²) in [5.74, 6) is 0.569. The molecule has 0 bridgehead atoms. The number of anilines is 2. The normalized spacial score (nSPS) is 11.1. The number of carbonyl (C=O) groups excluding carboxylic acids is 1. The molecule has 8 nitrogen and oxygen atoms in total. The molecule has 0 unspecified atom stereocenters. The third-order valence-electron chi connectivity index (χ3n) is 4.70. The van der Waals surface area contributed by atoms with Crippen LogP contribution in [-0.4, -0.2) is 21.2 Å². The smallest absolute Gasteiger partial charge is 0.314 e. The summed E-state index contributed by atoms with van der Waals surface area (Å²) in [7, 11) is 0. The third-order valence-corrected chi connectivity index (χ3v) is 4.70. The molecule has 4 rings (SSSR count). The Morgan fingerprint density at radius 2 is 1.89 bits per heavy atom. The van der Waals surface area contributed by atoms with Crippen LogP contribution >= 0.6 is 0 Å². The Hall–Kier alpha value is -3.68. The number of hydrogen-bond donors (Lipinski definition) is 3. The number of aryl methyl sites for hydroxylation is 3. The Morgan fingerprint density at radius 3 is 2.57 bits per heavy atom. The van der Waals surface area contributed by atoms with Gasteiger partial charge >= 0.3 is 5.82 Å². The maximum atomic E-state index is 12.9. The monoisotopic (exact) mass is 377 g/mol. The molecular formula is C20H21N6O2+. The molecule has 28 heavy (non-hydrogen) atoms. The summed E-state index contributed by atoms with van der Waals surface area (Å²) in [4.78, 5) is 16.1. The van der Waals surface area contributed by atoms with Gasteiger partial charge in [0.1, 0.15) is 0 Å². The standard InChI is InChI=1S/C20H20N6O2/c1-11-8-12(2)17(13(3)9-11)23-16(27)10-26-15-7-5-4-6-14(15)22-20(26)18-19(21)25-28-24-18/h4-9H,10H2,1-3H3,(H3,21,23,25,27)/p+1. The van der Waals surface area contributed by atoms with Gasteiger partial charge in [0.2, 0.25) is 11.5 Å². The van der Waals surface area contributed by atoms with Crippen molar-refractivity contribution in [3.05, 3.63) is 53.1 Å². The number of nitrogens with two attached hydrogens (primary N) is 1. The average molecular weight is 377 g/mol. The summed E-state index contributed by atoms with van der Waals surface area (Å²) in [6.07, 6.45) is 0. The number of nitrogens with one attached hydrogen (secondary N) is 2. The number of aromatic amines is 1. The van der Waals surface area contributed by atoms with Crippen molar-refractivity contribution in [2.24, 2.45) is 0 Å². The van der Waals surface area contributed by atoms with Gasteiger partial charge in [0.05, 0.1) is 0 Å². The van der Waals surface area contributed by atoms with E-state index in [0.29, 0.717) is 11.5 Å². The van der Waals surface area contributed by atoms with Gasteiger partial charge in [-0.2, -0.15) is 0 Å². The van der Waals surface area contributed by atoms with E-state index in [0.717, 1.165) is 33.4 Å². The third kappa shape index (κ3) is 3.09. The Bertz CT molecular complexity index is 1170. The largest absolute Gasteiger partial charge is 0.379 e. The van der Waals surface area contributed by atoms with Gasteiger partial charge in [-0.1, -0.05) is 29.8 Å². The second-order valence-electron chi connectivity index (χ2n) is 6.90. The molecule has 4 aromatic rings. The summed E-state index contributed by atoms with van der Waals surface area (Å²) in [6.45, 7) is 6.09. The summed E-state index contributed by atoms with van der Waals surface area (Å²) in [6, 6.07) is 11.8. The molecule has 0 radical (unpaired) electrons. The quantitative estimate of drug-likeness (QED) is 0.473. The van der Waals surface area contributed by atoms with Gasteiger partial charge in [0, 0.05) is 5.69 Å². The second-order valence-corrected chi connectivity index (χ2v) is 6.90. The van der Waals surface area contributed by atoms with E-state index in [2.05, 4.69) is 32.7 Å². The van der Waals surface area contributed by atoms with E-state index in [1.54, 1.807) is 0 Å². The van der Waals surface area contributed by atoms with Crippen LogP contribution in [0.1, 0.15) is 16.7 Å². The first-order chi connectivity index (χ1) is 13.4.